The lowest BCUT2D eigenvalue weighted by Crippen LogP contribution is -2.25. The van der Waals surface area contributed by atoms with Crippen LogP contribution in [0.15, 0.2) is 57.7 Å². The highest BCUT2D eigenvalue weighted by Gasteiger charge is 2.17. The van der Waals surface area contributed by atoms with Gasteiger partial charge in [0.2, 0.25) is 17.6 Å². The summed E-state index contributed by atoms with van der Waals surface area (Å²) in [6.07, 6.45) is 0. The first-order chi connectivity index (χ1) is 14.3. The maximum Gasteiger partial charge on any atom is 0.437 e. The molecule has 0 unspecified atom stereocenters. The fraction of sp³-hybridized carbons (Fsp3) is 0.150. The van der Waals surface area contributed by atoms with Gasteiger partial charge in [0.1, 0.15) is 12.4 Å². The quantitative estimate of drug-likeness (QED) is 0.465. The summed E-state index contributed by atoms with van der Waals surface area (Å²) in [5.74, 6) is -3.80. The molecule has 0 aliphatic carbocycles. The monoisotopic (exact) mass is 413 g/mol. The van der Waals surface area contributed by atoms with Crippen molar-refractivity contribution in [1.82, 2.24) is 9.78 Å². The van der Waals surface area contributed by atoms with Gasteiger partial charge >= 0.3 is 11.7 Å². The maximum atomic E-state index is 14.1. The second-order valence-electron chi connectivity index (χ2n) is 6.16. The van der Waals surface area contributed by atoms with Crippen LogP contribution < -0.4 is 11.1 Å². The van der Waals surface area contributed by atoms with Gasteiger partial charge in [-0.25, -0.2) is 9.18 Å². The number of nitrogens with zero attached hydrogens (tertiary/aromatic N) is 2. The molecule has 2 aromatic carbocycles. The van der Waals surface area contributed by atoms with Crippen LogP contribution in [-0.2, 0) is 20.9 Å². The molecule has 10 heteroatoms. The molecule has 3 aromatic rings. The fourth-order valence-electron chi connectivity index (χ4n) is 2.52. The van der Waals surface area contributed by atoms with Crippen LogP contribution in [0.5, 0.6) is 0 Å². The first kappa shape index (κ1) is 20.6. The third-order valence-corrected chi connectivity index (χ3v) is 3.86. The summed E-state index contributed by atoms with van der Waals surface area (Å²) < 4.78 is 24.6. The van der Waals surface area contributed by atoms with E-state index in [-0.39, 0.29) is 23.0 Å². The van der Waals surface area contributed by atoms with E-state index in [0.717, 1.165) is 10.7 Å². The summed E-state index contributed by atoms with van der Waals surface area (Å²) in [5.41, 5.74) is 0.435. The average molecular weight is 413 g/mol. The van der Waals surface area contributed by atoms with E-state index in [0.29, 0.717) is 5.56 Å². The van der Waals surface area contributed by atoms with Gasteiger partial charge in [0, 0.05) is 18.2 Å². The Bertz CT molecular complexity index is 1150. The Morgan fingerprint density at radius 3 is 2.57 bits per heavy atom. The first-order valence-corrected chi connectivity index (χ1v) is 8.73. The number of ether oxygens (including phenoxy) is 1. The molecule has 0 aliphatic heterocycles. The Hall–Kier alpha value is -4.08. The zero-order chi connectivity index (χ0) is 21.7. The van der Waals surface area contributed by atoms with Gasteiger partial charge in [-0.3, -0.25) is 14.4 Å². The summed E-state index contributed by atoms with van der Waals surface area (Å²) in [4.78, 5) is 46.9. The van der Waals surface area contributed by atoms with Crippen LogP contribution in [-0.4, -0.2) is 34.0 Å². The summed E-state index contributed by atoms with van der Waals surface area (Å²) in [6, 6.07) is 12.1. The summed E-state index contributed by atoms with van der Waals surface area (Å²) in [6.45, 7) is -0.0425. The fourth-order valence-corrected chi connectivity index (χ4v) is 2.52. The molecular formula is C20H16FN3O6. The lowest BCUT2D eigenvalue weighted by atomic mass is 10.1. The molecule has 0 saturated heterocycles. The predicted molar refractivity (Wildman–Crippen MR) is 102 cm³/mol. The van der Waals surface area contributed by atoms with E-state index in [9.17, 15) is 23.6 Å². The molecular weight excluding hydrogens is 397 g/mol. The van der Waals surface area contributed by atoms with Crippen LogP contribution in [0.4, 0.5) is 10.1 Å². The Kier molecular flexibility index (Phi) is 6.16. The SMILES string of the molecule is CC(=O)Nc1ccc(C(=O)COC(=O)Cn2nc(-c3ccccc3)oc2=O)c(F)c1. The Morgan fingerprint density at radius 1 is 1.17 bits per heavy atom. The third kappa shape index (κ3) is 5.04. The highest BCUT2D eigenvalue weighted by atomic mass is 19.1. The molecule has 1 N–H and O–H groups in total. The van der Waals surface area contributed by atoms with Crippen LogP contribution in [0, 0.1) is 5.82 Å². The molecule has 0 spiro atoms. The molecule has 154 valence electrons. The first-order valence-electron chi connectivity index (χ1n) is 8.73. The van der Waals surface area contributed by atoms with E-state index >= 15 is 0 Å². The third-order valence-electron chi connectivity index (χ3n) is 3.86. The zero-order valence-corrected chi connectivity index (χ0v) is 15.8. The van der Waals surface area contributed by atoms with Gasteiger partial charge in [-0.1, -0.05) is 18.2 Å². The number of rotatable bonds is 7. The number of hydrogen-bond acceptors (Lipinski definition) is 7. The van der Waals surface area contributed by atoms with Gasteiger partial charge in [-0.2, -0.15) is 4.68 Å². The smallest absolute Gasteiger partial charge is 0.437 e. The summed E-state index contributed by atoms with van der Waals surface area (Å²) >= 11 is 0. The van der Waals surface area contributed by atoms with E-state index in [1.165, 1.54) is 19.1 Å². The van der Waals surface area contributed by atoms with Crippen molar-refractivity contribution in [3.05, 3.63) is 70.5 Å². The molecule has 1 amide bonds. The van der Waals surface area contributed by atoms with Crippen LogP contribution in [0.25, 0.3) is 11.5 Å². The molecule has 3 rings (SSSR count). The Balaban J connectivity index is 1.60. The largest absolute Gasteiger partial charge is 0.456 e. The molecule has 0 radical (unpaired) electrons. The van der Waals surface area contributed by atoms with Gasteiger partial charge in [-0.15, -0.1) is 5.10 Å². The van der Waals surface area contributed by atoms with Crippen LogP contribution >= 0.6 is 0 Å². The average Bonchev–Trinajstić information content (AvgIpc) is 3.07. The highest BCUT2D eigenvalue weighted by molar-refractivity contribution is 5.99. The van der Waals surface area contributed by atoms with Gasteiger partial charge in [0.25, 0.3) is 0 Å². The summed E-state index contributed by atoms with van der Waals surface area (Å²) in [5, 5.41) is 6.29. The number of halogens is 1. The number of carbonyl (C=O) groups is 3. The van der Waals surface area contributed by atoms with Gasteiger partial charge < -0.3 is 14.5 Å². The summed E-state index contributed by atoms with van der Waals surface area (Å²) in [7, 11) is 0. The molecule has 0 bridgehead atoms. The minimum absolute atomic E-state index is 0.0332. The lowest BCUT2D eigenvalue weighted by molar-refractivity contribution is -0.143. The van der Waals surface area contributed by atoms with E-state index in [4.69, 9.17) is 9.15 Å². The molecule has 1 heterocycles. The van der Waals surface area contributed by atoms with Crippen molar-refractivity contribution in [1.29, 1.82) is 0 Å². The number of carbonyl (C=O) groups excluding carboxylic acids is 3. The van der Waals surface area contributed by atoms with Gasteiger partial charge in [0.05, 0.1) is 5.56 Å². The van der Waals surface area contributed by atoms with Crippen molar-refractivity contribution in [3.8, 4) is 11.5 Å². The lowest BCUT2D eigenvalue weighted by Gasteiger charge is -2.07. The topological polar surface area (TPSA) is 120 Å². The molecule has 0 atom stereocenters. The normalized spacial score (nSPS) is 10.5. The zero-order valence-electron chi connectivity index (χ0n) is 15.8. The number of hydrogen-bond donors (Lipinski definition) is 1. The minimum Gasteiger partial charge on any atom is -0.456 e. The molecule has 0 aliphatic rings. The minimum atomic E-state index is -0.923. The van der Waals surface area contributed by atoms with Gasteiger partial charge in [0.15, 0.2) is 6.61 Å². The number of Topliss-reactive ketones (excluding diaryl/α,β-unsaturated/α-hetero) is 1. The number of benzene rings is 2. The highest BCUT2D eigenvalue weighted by Crippen LogP contribution is 2.16. The van der Waals surface area contributed by atoms with Crippen LogP contribution in [0.1, 0.15) is 17.3 Å². The molecule has 0 fully saturated rings. The van der Waals surface area contributed by atoms with Crippen molar-refractivity contribution < 1.29 is 27.9 Å². The second-order valence-corrected chi connectivity index (χ2v) is 6.16. The molecule has 0 saturated carbocycles. The van der Waals surface area contributed by atoms with E-state index < -0.39 is 36.5 Å². The van der Waals surface area contributed by atoms with Crippen molar-refractivity contribution >= 4 is 23.3 Å². The number of anilines is 1. The Morgan fingerprint density at radius 2 is 1.90 bits per heavy atom. The van der Waals surface area contributed by atoms with Crippen molar-refractivity contribution in [2.75, 3.05) is 11.9 Å². The number of esters is 1. The number of amides is 1. The van der Waals surface area contributed by atoms with Crippen molar-refractivity contribution in [2.45, 2.75) is 13.5 Å². The van der Waals surface area contributed by atoms with Crippen LogP contribution in [0.2, 0.25) is 0 Å². The number of aromatic nitrogens is 2. The Labute approximate surface area is 169 Å². The predicted octanol–water partition coefficient (Wildman–Crippen LogP) is 2.03. The number of ketones is 1. The van der Waals surface area contributed by atoms with Crippen LogP contribution in [0.3, 0.4) is 0 Å². The molecule has 30 heavy (non-hydrogen) atoms. The van der Waals surface area contributed by atoms with E-state index in [1.54, 1.807) is 30.3 Å². The standard InChI is InChI=1S/C20H16FN3O6/c1-12(25)22-14-7-8-15(16(21)9-14)17(26)11-29-18(27)10-24-20(28)30-19(23-24)13-5-3-2-4-6-13/h2-9H,10-11H2,1H3,(H,22,25). The van der Waals surface area contributed by atoms with Crippen molar-refractivity contribution in [3.63, 3.8) is 0 Å². The van der Waals surface area contributed by atoms with Crippen molar-refractivity contribution in [2.24, 2.45) is 0 Å². The molecule has 9 nitrogen and oxygen atoms in total. The second kappa shape index (κ2) is 8.95. The van der Waals surface area contributed by atoms with Gasteiger partial charge in [-0.05, 0) is 30.3 Å². The molecule has 1 aromatic heterocycles. The van der Waals surface area contributed by atoms with E-state index in [2.05, 4.69) is 10.4 Å². The maximum absolute atomic E-state index is 14.1. The number of nitrogens with one attached hydrogen (secondary N) is 1. The van der Waals surface area contributed by atoms with E-state index in [1.807, 2.05) is 0 Å².